The number of hydrogen-bond donors (Lipinski definition) is 0. The third kappa shape index (κ3) is 2.85. The van der Waals surface area contributed by atoms with Gasteiger partial charge in [-0.2, -0.15) is 4.98 Å². The standard InChI is InChI=1S/C18H16N4O2S2/c1-10-8-9-14(26-10)17-22(11(2)23)13-7-5-4-6-12(13)15-16(24-17)19-18(25-3)21-20-15/h4-9,17H,1-3H3. The number of rotatable bonds is 2. The molecule has 6 nitrogen and oxygen atoms in total. The molecule has 132 valence electrons. The highest BCUT2D eigenvalue weighted by Gasteiger charge is 2.35. The van der Waals surface area contributed by atoms with Crippen LogP contribution in [0.1, 0.15) is 22.9 Å². The molecule has 0 aliphatic carbocycles. The predicted molar refractivity (Wildman–Crippen MR) is 103 cm³/mol. The van der Waals surface area contributed by atoms with Gasteiger partial charge in [0, 0.05) is 17.4 Å². The van der Waals surface area contributed by atoms with Gasteiger partial charge in [-0.1, -0.05) is 30.0 Å². The summed E-state index contributed by atoms with van der Waals surface area (Å²) < 4.78 is 6.24. The number of thioether (sulfide) groups is 1. The first-order valence-electron chi connectivity index (χ1n) is 7.99. The maximum absolute atomic E-state index is 12.6. The molecule has 26 heavy (non-hydrogen) atoms. The topological polar surface area (TPSA) is 68.2 Å². The number of anilines is 1. The third-order valence-electron chi connectivity index (χ3n) is 4.04. The van der Waals surface area contributed by atoms with Crippen LogP contribution in [-0.4, -0.2) is 27.3 Å². The minimum absolute atomic E-state index is 0.112. The number of hydrogen-bond acceptors (Lipinski definition) is 7. The summed E-state index contributed by atoms with van der Waals surface area (Å²) in [4.78, 5) is 20.8. The molecule has 1 aliphatic rings. The van der Waals surface area contributed by atoms with Crippen molar-refractivity contribution in [2.75, 3.05) is 11.2 Å². The number of benzene rings is 1. The van der Waals surface area contributed by atoms with Gasteiger partial charge >= 0.3 is 0 Å². The number of fused-ring (bicyclic) bond motifs is 3. The molecule has 3 aromatic rings. The predicted octanol–water partition coefficient (Wildman–Crippen LogP) is 4.07. The molecule has 0 radical (unpaired) electrons. The lowest BCUT2D eigenvalue weighted by molar-refractivity contribution is -0.118. The minimum atomic E-state index is -0.597. The molecular formula is C18H16N4O2S2. The van der Waals surface area contributed by atoms with Crippen LogP contribution in [0.2, 0.25) is 0 Å². The molecule has 8 heteroatoms. The van der Waals surface area contributed by atoms with E-state index in [-0.39, 0.29) is 5.91 Å². The molecule has 0 saturated heterocycles. The summed E-state index contributed by atoms with van der Waals surface area (Å²) in [5.74, 6) is 0.274. The summed E-state index contributed by atoms with van der Waals surface area (Å²) in [6.07, 6.45) is 1.29. The van der Waals surface area contributed by atoms with Crippen LogP contribution in [0.4, 0.5) is 5.69 Å². The van der Waals surface area contributed by atoms with Crippen LogP contribution in [0.25, 0.3) is 11.3 Å². The number of aromatic nitrogens is 3. The van der Waals surface area contributed by atoms with Crippen LogP contribution in [0.3, 0.4) is 0 Å². The zero-order valence-electron chi connectivity index (χ0n) is 14.5. The van der Waals surface area contributed by atoms with Crippen LogP contribution < -0.4 is 9.64 Å². The minimum Gasteiger partial charge on any atom is -0.446 e. The number of carbonyl (C=O) groups is 1. The van der Waals surface area contributed by atoms with Crippen molar-refractivity contribution in [1.29, 1.82) is 0 Å². The largest absolute Gasteiger partial charge is 0.446 e. The van der Waals surface area contributed by atoms with Crippen molar-refractivity contribution in [2.45, 2.75) is 25.2 Å². The second-order valence-electron chi connectivity index (χ2n) is 5.78. The summed E-state index contributed by atoms with van der Waals surface area (Å²) >= 11 is 2.99. The van der Waals surface area contributed by atoms with Crippen molar-refractivity contribution in [3.8, 4) is 17.1 Å². The van der Waals surface area contributed by atoms with Crippen LogP contribution in [0.15, 0.2) is 41.6 Å². The lowest BCUT2D eigenvalue weighted by atomic mass is 10.1. The molecule has 1 atom stereocenters. The van der Waals surface area contributed by atoms with Gasteiger partial charge in [0.05, 0.1) is 10.6 Å². The number of amides is 1. The lowest BCUT2D eigenvalue weighted by Crippen LogP contribution is -2.35. The zero-order valence-corrected chi connectivity index (χ0v) is 16.1. The lowest BCUT2D eigenvalue weighted by Gasteiger charge is -2.28. The van der Waals surface area contributed by atoms with E-state index in [9.17, 15) is 4.79 Å². The Labute approximate surface area is 159 Å². The van der Waals surface area contributed by atoms with Gasteiger partial charge < -0.3 is 4.74 Å². The molecule has 2 aromatic heterocycles. The summed E-state index contributed by atoms with van der Waals surface area (Å²) in [5, 5.41) is 9.00. The van der Waals surface area contributed by atoms with Gasteiger partial charge in [0.25, 0.3) is 0 Å². The Kier molecular flexibility index (Phi) is 4.37. The number of nitrogens with zero attached hydrogens (tertiary/aromatic N) is 4. The van der Waals surface area contributed by atoms with E-state index in [1.54, 1.807) is 16.2 Å². The number of thiophene rings is 1. The zero-order chi connectivity index (χ0) is 18.3. The van der Waals surface area contributed by atoms with Gasteiger partial charge in [0.1, 0.15) is 0 Å². The smallest absolute Gasteiger partial charge is 0.247 e. The van der Waals surface area contributed by atoms with Crippen molar-refractivity contribution in [3.63, 3.8) is 0 Å². The summed E-state index contributed by atoms with van der Waals surface area (Å²) in [7, 11) is 0. The van der Waals surface area contributed by atoms with Gasteiger partial charge in [-0.3, -0.25) is 9.69 Å². The van der Waals surface area contributed by atoms with E-state index in [2.05, 4.69) is 15.2 Å². The Bertz CT molecular complexity index is 989. The van der Waals surface area contributed by atoms with E-state index in [0.29, 0.717) is 16.7 Å². The molecule has 0 fully saturated rings. The van der Waals surface area contributed by atoms with E-state index < -0.39 is 6.23 Å². The van der Waals surface area contributed by atoms with E-state index >= 15 is 0 Å². The summed E-state index contributed by atoms with van der Waals surface area (Å²) in [6.45, 7) is 3.57. The van der Waals surface area contributed by atoms with Crippen molar-refractivity contribution in [1.82, 2.24) is 15.2 Å². The number of ether oxygens (including phenoxy) is 1. The molecule has 0 bridgehead atoms. The van der Waals surface area contributed by atoms with Crippen LogP contribution in [-0.2, 0) is 4.79 Å². The van der Waals surface area contributed by atoms with E-state index in [1.807, 2.05) is 49.6 Å². The van der Waals surface area contributed by atoms with Crippen molar-refractivity contribution in [2.24, 2.45) is 0 Å². The monoisotopic (exact) mass is 384 g/mol. The molecular weight excluding hydrogens is 368 g/mol. The molecule has 1 aliphatic heterocycles. The number of para-hydroxylation sites is 1. The van der Waals surface area contributed by atoms with Crippen LogP contribution in [0, 0.1) is 6.92 Å². The molecule has 0 saturated carbocycles. The Morgan fingerprint density at radius 1 is 1.23 bits per heavy atom. The van der Waals surface area contributed by atoms with Crippen LogP contribution in [0.5, 0.6) is 5.88 Å². The maximum Gasteiger partial charge on any atom is 0.247 e. The van der Waals surface area contributed by atoms with Gasteiger partial charge in [-0.25, -0.2) is 0 Å². The summed E-state index contributed by atoms with van der Waals surface area (Å²) in [6, 6.07) is 11.6. The fourth-order valence-electron chi connectivity index (χ4n) is 2.91. The quantitative estimate of drug-likeness (QED) is 0.620. The first kappa shape index (κ1) is 17.0. The van der Waals surface area contributed by atoms with E-state index in [4.69, 9.17) is 4.74 Å². The SMILES string of the molecule is CSc1nnc2c(n1)OC(c1ccc(C)s1)N(C(C)=O)c1ccccc1-2. The molecule has 1 unspecified atom stereocenters. The third-order valence-corrected chi connectivity index (χ3v) is 5.61. The van der Waals surface area contributed by atoms with Crippen molar-refractivity contribution < 1.29 is 9.53 Å². The number of carbonyl (C=O) groups excluding carboxylic acids is 1. The van der Waals surface area contributed by atoms with Gasteiger partial charge in [0.15, 0.2) is 5.69 Å². The van der Waals surface area contributed by atoms with Crippen molar-refractivity contribution >= 4 is 34.7 Å². The van der Waals surface area contributed by atoms with Gasteiger partial charge in [0.2, 0.25) is 23.2 Å². The Balaban J connectivity index is 1.97. The van der Waals surface area contributed by atoms with Crippen LogP contribution >= 0.6 is 23.1 Å². The normalized spacial score (nSPS) is 15.7. The molecule has 3 heterocycles. The molecule has 0 N–H and O–H groups in total. The number of aryl methyl sites for hydroxylation is 1. The highest BCUT2D eigenvalue weighted by molar-refractivity contribution is 7.98. The Morgan fingerprint density at radius 2 is 2.04 bits per heavy atom. The molecule has 4 rings (SSSR count). The van der Waals surface area contributed by atoms with Gasteiger partial charge in [-0.05, 0) is 31.4 Å². The average Bonchev–Trinajstić information content (AvgIpc) is 3.01. The summed E-state index contributed by atoms with van der Waals surface area (Å²) in [5.41, 5.74) is 2.06. The molecule has 1 amide bonds. The fraction of sp³-hybridized carbons (Fsp3) is 0.222. The van der Waals surface area contributed by atoms with E-state index in [1.165, 1.54) is 18.7 Å². The fourth-order valence-corrected chi connectivity index (χ4v) is 4.11. The first-order valence-corrected chi connectivity index (χ1v) is 10.0. The Hall–Kier alpha value is -2.45. The first-order chi connectivity index (χ1) is 12.6. The maximum atomic E-state index is 12.6. The van der Waals surface area contributed by atoms with Gasteiger partial charge in [-0.15, -0.1) is 21.5 Å². The highest BCUT2D eigenvalue weighted by Crippen LogP contribution is 2.44. The average molecular weight is 384 g/mol. The Morgan fingerprint density at radius 3 is 2.73 bits per heavy atom. The second-order valence-corrected chi connectivity index (χ2v) is 7.87. The molecule has 1 aromatic carbocycles. The van der Waals surface area contributed by atoms with E-state index in [0.717, 1.165) is 21.0 Å². The highest BCUT2D eigenvalue weighted by atomic mass is 32.2. The van der Waals surface area contributed by atoms with Crippen molar-refractivity contribution in [3.05, 3.63) is 46.2 Å². The molecule has 0 spiro atoms. The second kappa shape index (κ2) is 6.69.